The molecule has 0 radical (unpaired) electrons. The molecule has 4 amide bonds. The number of nitrogens with zero attached hydrogens (tertiary/aromatic N) is 2. The molecule has 5 aliphatic rings. The highest BCUT2D eigenvalue weighted by molar-refractivity contribution is 7.91. The van der Waals surface area contributed by atoms with E-state index in [1.165, 1.54) is 4.90 Å². The van der Waals surface area contributed by atoms with Gasteiger partial charge in [-0.05, 0) is 103 Å². The van der Waals surface area contributed by atoms with Crippen molar-refractivity contribution in [3.8, 4) is 17.5 Å². The number of pyridine rings is 1. The molecule has 16 nitrogen and oxygen atoms in total. The van der Waals surface area contributed by atoms with E-state index in [2.05, 4.69) is 15.4 Å². The number of alkyl halides is 2. The molecule has 4 heterocycles. The second kappa shape index (κ2) is 16.8. The van der Waals surface area contributed by atoms with Crippen molar-refractivity contribution in [2.45, 2.75) is 145 Å². The average Bonchev–Trinajstić information content (AvgIpc) is 4.10. The Hall–Kier alpha value is -4.78. The number of aromatic nitrogens is 1. The molecule has 7 rings (SSSR count). The summed E-state index contributed by atoms with van der Waals surface area (Å²) in [7, 11) is -2.53. The molecule has 3 aliphatic heterocycles. The molecule has 0 unspecified atom stereocenters. The zero-order chi connectivity index (χ0) is 44.1. The number of allylic oxidation sites excluding steroid dienone is 1. The summed E-state index contributed by atoms with van der Waals surface area (Å²) in [6.07, 6.45) is 0.220. The lowest BCUT2D eigenvalue weighted by Gasteiger charge is -2.34. The summed E-state index contributed by atoms with van der Waals surface area (Å²) in [5, 5.41) is 6.74. The van der Waals surface area contributed by atoms with Gasteiger partial charge in [0.1, 0.15) is 29.5 Å². The lowest BCUT2D eigenvalue weighted by molar-refractivity contribution is -0.145. The van der Waals surface area contributed by atoms with Gasteiger partial charge in [0.25, 0.3) is 12.3 Å². The zero-order valence-corrected chi connectivity index (χ0v) is 36.1. The number of benzene rings is 1. The Balaban J connectivity index is 1.26. The van der Waals surface area contributed by atoms with E-state index in [0.717, 1.165) is 31.2 Å². The summed E-state index contributed by atoms with van der Waals surface area (Å²) in [6.45, 7) is 7.37. The Labute approximate surface area is 353 Å². The quantitative estimate of drug-likeness (QED) is 0.284. The fourth-order valence-corrected chi connectivity index (χ4v) is 9.50. The molecule has 2 aromatic rings. The van der Waals surface area contributed by atoms with E-state index in [-0.39, 0.29) is 31.7 Å². The van der Waals surface area contributed by atoms with Crippen LogP contribution in [-0.4, -0.2) is 115 Å². The van der Waals surface area contributed by atoms with E-state index < -0.39 is 92.5 Å². The van der Waals surface area contributed by atoms with Gasteiger partial charge in [0.05, 0.1) is 37.2 Å². The van der Waals surface area contributed by atoms with E-state index in [9.17, 15) is 36.4 Å². The standard InChI is InChI=1S/C42H55F2N5O11S/c1-7-31-32(45-39(53)60-40(3,4)37(43)44)36(51)49-22-26(59-35-28-15-14-25(56-6)19-29(28)27-13-10-18-57-34(27)46-35)20-30(49)33(50)47-42(21-24(42)12-9-8-11-23(2)58-31)38(52)48-61(54,55)41(5)16-17-41/h9,12,14-15,19,23-24,26,30-32,37H,7-8,10-11,13,16-18,20-22H2,1-6H3,(H,45,53)(H,47,50)(H,48,52)/b12-9-/t23-,24-,26-,30+,31+,32+,42-/m1/s1. The Morgan fingerprint density at radius 3 is 2.62 bits per heavy atom. The number of nitrogens with one attached hydrogen (secondary N) is 3. The van der Waals surface area contributed by atoms with Crippen molar-refractivity contribution in [3.05, 3.63) is 35.9 Å². The molecule has 0 spiro atoms. The van der Waals surface area contributed by atoms with Crippen molar-refractivity contribution >= 4 is 44.6 Å². The van der Waals surface area contributed by atoms with E-state index in [0.29, 0.717) is 55.7 Å². The van der Waals surface area contributed by atoms with Gasteiger partial charge in [-0.25, -0.2) is 22.0 Å². The van der Waals surface area contributed by atoms with Crippen molar-refractivity contribution in [2.24, 2.45) is 5.92 Å². The number of halogens is 2. The Kier molecular flexibility index (Phi) is 12.2. The minimum Gasteiger partial charge on any atom is -0.497 e. The number of sulfonamides is 1. The van der Waals surface area contributed by atoms with Gasteiger partial charge >= 0.3 is 6.09 Å². The molecule has 7 atom stereocenters. The lowest BCUT2D eigenvalue weighted by Crippen LogP contribution is -2.61. The fourth-order valence-electron chi connectivity index (χ4n) is 8.19. The summed E-state index contributed by atoms with van der Waals surface area (Å²) in [6, 6.07) is 2.56. The van der Waals surface area contributed by atoms with Crippen LogP contribution < -0.4 is 29.6 Å². The maximum absolute atomic E-state index is 15.0. The first kappa shape index (κ1) is 44.3. The first-order valence-corrected chi connectivity index (χ1v) is 22.4. The van der Waals surface area contributed by atoms with Gasteiger partial charge in [-0.2, -0.15) is 4.98 Å². The molecular formula is C42H55F2N5O11S. The van der Waals surface area contributed by atoms with Gasteiger partial charge in [-0.3, -0.25) is 19.1 Å². The molecule has 19 heteroatoms. The number of methoxy groups -OCH3 is 1. The number of alkyl carbamates (subject to hydrolysis) is 1. The van der Waals surface area contributed by atoms with Crippen LogP contribution in [0.4, 0.5) is 13.6 Å². The third-order valence-electron chi connectivity index (χ3n) is 12.5. The summed E-state index contributed by atoms with van der Waals surface area (Å²) < 4.78 is 84.7. The summed E-state index contributed by atoms with van der Waals surface area (Å²) >= 11 is 0. The number of rotatable bonds is 10. The third-order valence-corrected chi connectivity index (χ3v) is 14.6. The topological polar surface area (TPSA) is 201 Å². The van der Waals surface area contributed by atoms with E-state index in [1.54, 1.807) is 46.1 Å². The Bertz CT molecular complexity index is 2200. The van der Waals surface area contributed by atoms with Crippen LogP contribution in [0.25, 0.3) is 10.8 Å². The van der Waals surface area contributed by atoms with Crippen molar-refractivity contribution in [1.82, 2.24) is 25.2 Å². The first-order chi connectivity index (χ1) is 28.8. The highest BCUT2D eigenvalue weighted by Crippen LogP contribution is 2.48. The monoisotopic (exact) mass is 875 g/mol. The first-order valence-electron chi connectivity index (χ1n) is 20.9. The number of ether oxygens (including phenoxy) is 5. The van der Waals surface area contributed by atoms with Gasteiger partial charge in [-0.1, -0.05) is 19.1 Å². The molecule has 1 saturated heterocycles. The second-order valence-corrected chi connectivity index (χ2v) is 19.7. The SMILES string of the molecule is CC[C@@H]1O[C@H](C)CC/C=C\[C@@H]2C[C@@]2(C(=O)NS(=O)(=O)C2(C)CC2)NC(=O)[C@@H]2C[C@@H](Oc3nc4c(c5cc(OC)ccc35)CCCO4)CN2C(=O)[C@H]1NC(=O)OC(C)(C)C(F)F. The maximum atomic E-state index is 15.0. The summed E-state index contributed by atoms with van der Waals surface area (Å²) in [5.74, 6) is -1.85. The number of amides is 4. The van der Waals surface area contributed by atoms with Crippen molar-refractivity contribution in [3.63, 3.8) is 0 Å². The number of aryl methyl sites for hydroxylation is 1. The lowest BCUT2D eigenvalue weighted by atomic mass is 10.0. The van der Waals surface area contributed by atoms with Gasteiger partial charge in [-0.15, -0.1) is 0 Å². The number of carbonyl (C=O) groups is 4. The largest absolute Gasteiger partial charge is 0.497 e. The minimum absolute atomic E-state index is 0.0995. The highest BCUT2D eigenvalue weighted by atomic mass is 32.2. The predicted molar refractivity (Wildman–Crippen MR) is 217 cm³/mol. The van der Waals surface area contributed by atoms with Crippen molar-refractivity contribution in [1.29, 1.82) is 0 Å². The van der Waals surface area contributed by atoms with Crippen LogP contribution in [0.2, 0.25) is 0 Å². The summed E-state index contributed by atoms with van der Waals surface area (Å²) in [4.78, 5) is 62.9. The molecule has 61 heavy (non-hydrogen) atoms. The normalized spacial score (nSPS) is 29.4. The Morgan fingerprint density at radius 2 is 1.93 bits per heavy atom. The summed E-state index contributed by atoms with van der Waals surface area (Å²) in [5.41, 5.74) is -2.98. The molecule has 3 N–H and O–H groups in total. The number of hydrogen-bond acceptors (Lipinski definition) is 12. The van der Waals surface area contributed by atoms with Crippen molar-refractivity contribution in [2.75, 3.05) is 20.3 Å². The van der Waals surface area contributed by atoms with Crippen molar-refractivity contribution < 1.29 is 60.1 Å². The molecule has 334 valence electrons. The van der Waals surface area contributed by atoms with Crippen LogP contribution in [-0.2, 0) is 40.3 Å². The van der Waals surface area contributed by atoms with Crippen LogP contribution in [0.3, 0.4) is 0 Å². The number of fused-ring (bicyclic) bond motifs is 5. The van der Waals surface area contributed by atoms with Crippen LogP contribution in [0.5, 0.6) is 17.5 Å². The zero-order valence-electron chi connectivity index (χ0n) is 35.3. The van der Waals surface area contributed by atoms with E-state index in [1.807, 2.05) is 12.1 Å². The molecular weight excluding hydrogens is 821 g/mol. The van der Waals surface area contributed by atoms with E-state index >= 15 is 0 Å². The molecule has 1 aromatic heterocycles. The van der Waals surface area contributed by atoms with Gasteiger partial charge in [0, 0.05) is 23.3 Å². The van der Waals surface area contributed by atoms with E-state index in [4.69, 9.17) is 28.7 Å². The number of carbonyl (C=O) groups excluding carboxylic acids is 4. The molecule has 1 aromatic carbocycles. The molecule has 0 bridgehead atoms. The smallest absolute Gasteiger partial charge is 0.408 e. The predicted octanol–water partition coefficient (Wildman–Crippen LogP) is 4.46. The average molecular weight is 876 g/mol. The molecule has 3 fully saturated rings. The van der Waals surface area contributed by atoms with Gasteiger partial charge < -0.3 is 39.2 Å². The fraction of sp³-hybridized carbons (Fsp3) is 0.643. The molecule has 2 aliphatic carbocycles. The van der Waals surface area contributed by atoms with Gasteiger partial charge in [0.2, 0.25) is 33.6 Å². The minimum atomic E-state index is -4.08. The Morgan fingerprint density at radius 1 is 1.18 bits per heavy atom. The number of hydrogen-bond donors (Lipinski definition) is 3. The van der Waals surface area contributed by atoms with Gasteiger partial charge in [0.15, 0.2) is 5.60 Å². The van der Waals surface area contributed by atoms with Crippen LogP contribution in [0.1, 0.15) is 91.5 Å². The van der Waals surface area contributed by atoms with Crippen LogP contribution in [0, 0.1) is 5.92 Å². The van der Waals surface area contributed by atoms with Crippen LogP contribution in [0.15, 0.2) is 30.4 Å². The molecule has 2 saturated carbocycles. The second-order valence-electron chi connectivity index (χ2n) is 17.5. The third kappa shape index (κ3) is 8.95. The van der Waals surface area contributed by atoms with Crippen LogP contribution >= 0.6 is 0 Å². The maximum Gasteiger partial charge on any atom is 0.408 e. The highest BCUT2D eigenvalue weighted by Gasteiger charge is 2.63.